The Balaban J connectivity index is 1.92. The molecule has 5 rings (SSSR count). The molecule has 0 radical (unpaired) electrons. The van der Waals surface area contributed by atoms with Crippen molar-refractivity contribution in [1.82, 2.24) is 0 Å². The van der Waals surface area contributed by atoms with Gasteiger partial charge in [-0.3, -0.25) is 0 Å². The minimum Gasteiger partial charge on any atom is -0.491 e. The molecule has 0 saturated heterocycles. The fourth-order valence-electron chi connectivity index (χ4n) is 5.39. The van der Waals surface area contributed by atoms with Crippen LogP contribution in [0.3, 0.4) is 0 Å². The number of aliphatic hydroxyl groups is 2. The molecule has 0 bridgehead atoms. The van der Waals surface area contributed by atoms with E-state index in [0.29, 0.717) is 0 Å². The zero-order valence-electron chi connectivity index (χ0n) is 20.1. The summed E-state index contributed by atoms with van der Waals surface area (Å²) in [5.74, 6) is 1.47. The van der Waals surface area contributed by atoms with Gasteiger partial charge < -0.3 is 19.7 Å². The van der Waals surface area contributed by atoms with Gasteiger partial charge in [-0.15, -0.1) is 0 Å². The van der Waals surface area contributed by atoms with Crippen LogP contribution in [0.15, 0.2) is 84.9 Å². The van der Waals surface area contributed by atoms with Crippen LogP contribution in [0.25, 0.3) is 11.1 Å². The van der Waals surface area contributed by atoms with Crippen LogP contribution in [0.1, 0.15) is 33.4 Å². The van der Waals surface area contributed by atoms with E-state index in [-0.39, 0.29) is 26.4 Å². The Labute approximate surface area is 206 Å². The van der Waals surface area contributed by atoms with Crippen molar-refractivity contribution in [1.29, 1.82) is 0 Å². The van der Waals surface area contributed by atoms with Crippen molar-refractivity contribution in [3.05, 3.63) is 118 Å². The van der Waals surface area contributed by atoms with E-state index in [2.05, 4.69) is 72.8 Å². The van der Waals surface area contributed by atoms with Crippen molar-refractivity contribution in [2.45, 2.75) is 19.3 Å². The molecule has 4 heteroatoms. The molecular formula is C31H30O4. The number of benzene rings is 4. The second-order valence-corrected chi connectivity index (χ2v) is 8.98. The number of hydrogen-bond acceptors (Lipinski definition) is 4. The largest absolute Gasteiger partial charge is 0.491 e. The minimum absolute atomic E-state index is 0.0665. The molecule has 0 atom stereocenters. The van der Waals surface area contributed by atoms with Gasteiger partial charge in [-0.2, -0.15) is 0 Å². The van der Waals surface area contributed by atoms with E-state index in [0.717, 1.165) is 44.9 Å². The molecule has 4 aromatic rings. The first-order chi connectivity index (χ1) is 17.1. The molecule has 0 aromatic heterocycles. The van der Waals surface area contributed by atoms with Crippen LogP contribution in [0.5, 0.6) is 11.5 Å². The molecule has 0 unspecified atom stereocenters. The molecule has 1 aliphatic rings. The highest BCUT2D eigenvalue weighted by atomic mass is 16.5. The lowest BCUT2D eigenvalue weighted by Crippen LogP contribution is -2.30. The molecule has 0 fully saturated rings. The maximum atomic E-state index is 9.55. The lowest BCUT2D eigenvalue weighted by molar-refractivity contribution is 0.197. The summed E-state index contributed by atoms with van der Waals surface area (Å²) in [6.45, 7) is 4.36. The standard InChI is InChI=1S/C31H30O4/c1-21-11-13-27(29(19-21)34-17-15-32)31(28-14-12-22(2)20-30(28)35-18-16-33)25-9-5-3-7-23(25)24-8-4-6-10-26(24)31/h3-14,19-20,32-33H,15-18H2,1-2H3. The summed E-state index contributed by atoms with van der Waals surface area (Å²) in [7, 11) is 0. The van der Waals surface area contributed by atoms with Crippen molar-refractivity contribution in [2.24, 2.45) is 0 Å². The fourth-order valence-corrected chi connectivity index (χ4v) is 5.39. The summed E-state index contributed by atoms with van der Waals surface area (Å²) in [4.78, 5) is 0. The van der Waals surface area contributed by atoms with Crippen molar-refractivity contribution in [3.8, 4) is 22.6 Å². The Morgan fingerprint density at radius 3 is 1.43 bits per heavy atom. The van der Waals surface area contributed by atoms with Crippen LogP contribution < -0.4 is 9.47 Å². The molecule has 2 N–H and O–H groups in total. The monoisotopic (exact) mass is 466 g/mol. The van der Waals surface area contributed by atoms with Gasteiger partial charge in [0.1, 0.15) is 24.7 Å². The summed E-state index contributed by atoms with van der Waals surface area (Å²) in [6, 6.07) is 29.6. The van der Waals surface area contributed by atoms with Crippen molar-refractivity contribution in [2.75, 3.05) is 26.4 Å². The third kappa shape index (κ3) is 3.79. The predicted molar refractivity (Wildman–Crippen MR) is 138 cm³/mol. The average Bonchev–Trinajstić information content (AvgIpc) is 3.17. The number of aliphatic hydroxyl groups excluding tert-OH is 2. The number of hydrogen-bond donors (Lipinski definition) is 2. The Morgan fingerprint density at radius 2 is 1.00 bits per heavy atom. The summed E-state index contributed by atoms with van der Waals surface area (Å²) in [5.41, 5.74) is 8.08. The minimum atomic E-state index is -0.704. The topological polar surface area (TPSA) is 58.9 Å². The van der Waals surface area contributed by atoms with Gasteiger partial charge in [0, 0.05) is 11.1 Å². The van der Waals surface area contributed by atoms with E-state index in [1.807, 2.05) is 26.0 Å². The molecule has 0 saturated carbocycles. The van der Waals surface area contributed by atoms with Crippen LogP contribution in [0.2, 0.25) is 0 Å². The van der Waals surface area contributed by atoms with E-state index >= 15 is 0 Å². The Hall–Kier alpha value is -3.60. The van der Waals surface area contributed by atoms with Crippen LogP contribution >= 0.6 is 0 Å². The first-order valence-corrected chi connectivity index (χ1v) is 12.0. The first kappa shape index (κ1) is 23.2. The molecule has 1 aliphatic carbocycles. The molecule has 0 amide bonds. The smallest absolute Gasteiger partial charge is 0.124 e. The van der Waals surface area contributed by atoms with Gasteiger partial charge in [-0.25, -0.2) is 0 Å². The summed E-state index contributed by atoms with van der Waals surface area (Å²) in [5, 5.41) is 19.1. The molecule has 4 nitrogen and oxygen atoms in total. The van der Waals surface area contributed by atoms with Gasteiger partial charge in [0.2, 0.25) is 0 Å². The highest BCUT2D eigenvalue weighted by Gasteiger charge is 2.49. The van der Waals surface area contributed by atoms with Crippen molar-refractivity contribution >= 4 is 0 Å². The third-order valence-corrected chi connectivity index (χ3v) is 6.73. The van der Waals surface area contributed by atoms with Gasteiger partial charge in [0.15, 0.2) is 0 Å². The normalized spacial score (nSPS) is 13.3. The molecule has 178 valence electrons. The second-order valence-electron chi connectivity index (χ2n) is 8.98. The van der Waals surface area contributed by atoms with Crippen LogP contribution in [0.4, 0.5) is 0 Å². The maximum absolute atomic E-state index is 9.55. The van der Waals surface area contributed by atoms with E-state index < -0.39 is 5.41 Å². The summed E-state index contributed by atoms with van der Waals surface area (Å²) >= 11 is 0. The summed E-state index contributed by atoms with van der Waals surface area (Å²) in [6.07, 6.45) is 0. The van der Waals surface area contributed by atoms with Crippen molar-refractivity contribution in [3.63, 3.8) is 0 Å². The van der Waals surface area contributed by atoms with Gasteiger partial charge >= 0.3 is 0 Å². The third-order valence-electron chi connectivity index (χ3n) is 6.73. The van der Waals surface area contributed by atoms with Crippen LogP contribution in [0, 0.1) is 13.8 Å². The number of fused-ring (bicyclic) bond motifs is 3. The second kappa shape index (κ2) is 9.57. The number of rotatable bonds is 8. The average molecular weight is 467 g/mol. The predicted octanol–water partition coefficient (Wildman–Crippen LogP) is 5.41. The van der Waals surface area contributed by atoms with E-state index in [1.165, 1.54) is 11.1 Å². The molecule has 0 heterocycles. The Morgan fingerprint density at radius 1 is 0.571 bits per heavy atom. The van der Waals surface area contributed by atoms with Gasteiger partial charge in [0.05, 0.1) is 18.6 Å². The van der Waals surface area contributed by atoms with E-state index in [4.69, 9.17) is 9.47 Å². The Bertz CT molecular complexity index is 1250. The lowest BCUT2D eigenvalue weighted by Gasteiger charge is -2.36. The molecule has 0 spiro atoms. The zero-order chi connectivity index (χ0) is 24.4. The quantitative estimate of drug-likeness (QED) is 0.321. The first-order valence-electron chi connectivity index (χ1n) is 12.0. The van der Waals surface area contributed by atoms with Crippen LogP contribution in [-0.2, 0) is 5.41 Å². The van der Waals surface area contributed by atoms with Crippen molar-refractivity contribution < 1.29 is 19.7 Å². The highest BCUT2D eigenvalue weighted by Crippen LogP contribution is 2.59. The maximum Gasteiger partial charge on any atom is 0.124 e. The SMILES string of the molecule is Cc1ccc(C2(c3ccc(C)cc3OCCO)c3ccccc3-c3ccccc32)c(OCCO)c1. The van der Waals surface area contributed by atoms with Gasteiger partial charge in [0.25, 0.3) is 0 Å². The van der Waals surface area contributed by atoms with Crippen LogP contribution in [-0.4, -0.2) is 36.6 Å². The fraction of sp³-hybridized carbons (Fsp3) is 0.226. The molecular weight excluding hydrogens is 436 g/mol. The summed E-state index contributed by atoms with van der Waals surface area (Å²) < 4.78 is 12.3. The highest BCUT2D eigenvalue weighted by molar-refractivity contribution is 5.87. The Kier molecular flexibility index (Phi) is 6.33. The van der Waals surface area contributed by atoms with E-state index in [9.17, 15) is 10.2 Å². The van der Waals surface area contributed by atoms with Gasteiger partial charge in [-0.05, 0) is 59.4 Å². The lowest BCUT2D eigenvalue weighted by atomic mass is 9.66. The molecule has 35 heavy (non-hydrogen) atoms. The van der Waals surface area contributed by atoms with Gasteiger partial charge in [-0.1, -0.05) is 72.8 Å². The number of aryl methyl sites for hydroxylation is 2. The van der Waals surface area contributed by atoms with E-state index in [1.54, 1.807) is 0 Å². The molecule has 0 aliphatic heterocycles. The zero-order valence-corrected chi connectivity index (χ0v) is 20.1. The molecule has 4 aromatic carbocycles. The number of ether oxygens (including phenoxy) is 2.